The molecule has 1 aliphatic carbocycles. The third kappa shape index (κ3) is 2.93. The predicted octanol–water partition coefficient (Wildman–Crippen LogP) is -0.466. The average molecular weight is 207 g/mol. The van der Waals surface area contributed by atoms with E-state index in [9.17, 15) is 8.42 Å². The van der Waals surface area contributed by atoms with Crippen LogP contribution >= 0.6 is 0 Å². The van der Waals surface area contributed by atoms with E-state index >= 15 is 0 Å². The van der Waals surface area contributed by atoms with Gasteiger partial charge in [0.1, 0.15) is 0 Å². The van der Waals surface area contributed by atoms with Crippen molar-refractivity contribution in [3.05, 3.63) is 0 Å². The van der Waals surface area contributed by atoms with Gasteiger partial charge in [-0.2, -0.15) is 0 Å². The van der Waals surface area contributed by atoms with Gasteiger partial charge in [-0.05, 0) is 12.8 Å². The summed E-state index contributed by atoms with van der Waals surface area (Å²) >= 11 is 0. The zero-order valence-corrected chi connectivity index (χ0v) is 8.68. The van der Waals surface area contributed by atoms with E-state index in [-0.39, 0.29) is 17.9 Å². The number of aliphatic hydroxyl groups is 1. The highest BCUT2D eigenvalue weighted by Gasteiger charge is 2.33. The van der Waals surface area contributed by atoms with Crippen LogP contribution in [0.25, 0.3) is 0 Å². The Bertz CT molecular complexity index is 250. The summed E-state index contributed by atoms with van der Waals surface area (Å²) < 4.78 is 22.6. The van der Waals surface area contributed by atoms with E-state index in [4.69, 9.17) is 5.11 Å². The van der Waals surface area contributed by atoms with Crippen LogP contribution in [-0.4, -0.2) is 44.2 Å². The lowest BCUT2D eigenvalue weighted by atomic mass is 10.2. The Labute approximate surface area is 79.3 Å². The van der Waals surface area contributed by atoms with Gasteiger partial charge in [-0.1, -0.05) is 6.42 Å². The van der Waals surface area contributed by atoms with E-state index in [1.165, 1.54) is 6.26 Å². The monoisotopic (exact) mass is 207 g/mol. The Kier molecular flexibility index (Phi) is 3.70. The first-order valence-electron chi connectivity index (χ1n) is 4.59. The van der Waals surface area contributed by atoms with Crippen molar-refractivity contribution in [2.75, 3.05) is 19.4 Å². The topological polar surface area (TPSA) is 66.4 Å². The molecule has 0 aromatic carbocycles. The molecule has 4 nitrogen and oxygen atoms in total. The second-order valence-corrected chi connectivity index (χ2v) is 5.85. The first-order chi connectivity index (χ1) is 6.05. The molecule has 5 heteroatoms. The Morgan fingerprint density at radius 1 is 1.46 bits per heavy atom. The summed E-state index contributed by atoms with van der Waals surface area (Å²) in [6, 6.07) is 0.0437. The van der Waals surface area contributed by atoms with Crippen molar-refractivity contribution in [3.8, 4) is 0 Å². The Balaban J connectivity index is 2.54. The molecule has 2 unspecified atom stereocenters. The molecule has 13 heavy (non-hydrogen) atoms. The molecule has 0 saturated heterocycles. The van der Waals surface area contributed by atoms with Crippen LogP contribution in [0.4, 0.5) is 0 Å². The summed E-state index contributed by atoms with van der Waals surface area (Å²) in [5.41, 5.74) is 0. The molecule has 0 aromatic heterocycles. The van der Waals surface area contributed by atoms with Gasteiger partial charge >= 0.3 is 0 Å². The lowest BCUT2D eigenvalue weighted by molar-refractivity contribution is 0.284. The minimum atomic E-state index is -2.93. The first kappa shape index (κ1) is 10.9. The van der Waals surface area contributed by atoms with Crippen molar-refractivity contribution in [1.82, 2.24) is 5.32 Å². The normalized spacial score (nSPS) is 29.4. The van der Waals surface area contributed by atoms with Crippen LogP contribution in [0.5, 0.6) is 0 Å². The highest BCUT2D eigenvalue weighted by molar-refractivity contribution is 7.91. The lowest BCUT2D eigenvalue weighted by Gasteiger charge is -2.18. The van der Waals surface area contributed by atoms with Crippen LogP contribution in [-0.2, 0) is 9.84 Å². The van der Waals surface area contributed by atoms with Gasteiger partial charge in [-0.3, -0.25) is 0 Å². The van der Waals surface area contributed by atoms with Crippen molar-refractivity contribution in [2.24, 2.45) is 0 Å². The van der Waals surface area contributed by atoms with Crippen molar-refractivity contribution >= 4 is 9.84 Å². The van der Waals surface area contributed by atoms with Crippen molar-refractivity contribution in [1.29, 1.82) is 0 Å². The van der Waals surface area contributed by atoms with Gasteiger partial charge in [0, 0.05) is 18.8 Å². The third-order valence-corrected chi connectivity index (χ3v) is 4.18. The van der Waals surface area contributed by atoms with Gasteiger partial charge in [-0.25, -0.2) is 8.42 Å². The summed E-state index contributed by atoms with van der Waals surface area (Å²) in [6.07, 6.45) is 3.90. The van der Waals surface area contributed by atoms with E-state index in [0.717, 1.165) is 19.3 Å². The van der Waals surface area contributed by atoms with Gasteiger partial charge in [0.2, 0.25) is 0 Å². The second-order valence-electron chi connectivity index (χ2n) is 3.58. The number of rotatable bonds is 4. The van der Waals surface area contributed by atoms with Crippen molar-refractivity contribution in [3.63, 3.8) is 0 Å². The molecule has 0 aliphatic heterocycles. The highest BCUT2D eigenvalue weighted by atomic mass is 32.2. The minimum absolute atomic E-state index is 0.0437. The van der Waals surface area contributed by atoms with Crippen LogP contribution < -0.4 is 5.32 Å². The number of sulfone groups is 1. The highest BCUT2D eigenvalue weighted by Crippen LogP contribution is 2.24. The van der Waals surface area contributed by atoms with Crippen LogP contribution in [0.3, 0.4) is 0 Å². The second kappa shape index (κ2) is 4.39. The summed E-state index contributed by atoms with van der Waals surface area (Å²) in [7, 11) is -2.93. The fourth-order valence-corrected chi connectivity index (χ4v) is 3.35. The molecule has 0 radical (unpaired) electrons. The molecule has 0 aromatic rings. The number of hydrogen-bond acceptors (Lipinski definition) is 4. The molecule has 1 saturated carbocycles. The summed E-state index contributed by atoms with van der Waals surface area (Å²) in [6.45, 7) is 0.545. The Morgan fingerprint density at radius 2 is 2.15 bits per heavy atom. The van der Waals surface area contributed by atoms with Crippen molar-refractivity contribution in [2.45, 2.75) is 30.6 Å². The molecule has 0 spiro atoms. The molecular formula is C8H17NO3S. The number of aliphatic hydroxyl groups excluding tert-OH is 1. The quantitative estimate of drug-likeness (QED) is 0.654. The van der Waals surface area contributed by atoms with E-state index in [1.54, 1.807) is 0 Å². The summed E-state index contributed by atoms with van der Waals surface area (Å²) in [5.74, 6) is 0. The Hall–Kier alpha value is -0.130. The van der Waals surface area contributed by atoms with E-state index < -0.39 is 9.84 Å². The van der Waals surface area contributed by atoms with Crippen LogP contribution in [0.2, 0.25) is 0 Å². The van der Waals surface area contributed by atoms with Gasteiger partial charge in [0.15, 0.2) is 9.84 Å². The van der Waals surface area contributed by atoms with Gasteiger partial charge in [0.05, 0.1) is 11.9 Å². The largest absolute Gasteiger partial charge is 0.395 e. The molecule has 1 rings (SSSR count). The standard InChI is InChI=1S/C8H17NO3S/c1-13(11,12)8-4-2-3-7(8)9-5-6-10/h7-10H,2-6H2,1H3. The zero-order valence-electron chi connectivity index (χ0n) is 7.86. The summed E-state index contributed by atoms with van der Waals surface area (Å²) in [5, 5.41) is 11.4. The molecule has 78 valence electrons. The maximum atomic E-state index is 11.3. The number of nitrogens with one attached hydrogen (secondary N) is 1. The smallest absolute Gasteiger partial charge is 0.151 e. The lowest BCUT2D eigenvalue weighted by Crippen LogP contribution is -2.41. The van der Waals surface area contributed by atoms with E-state index in [0.29, 0.717) is 6.54 Å². The first-order valence-corrected chi connectivity index (χ1v) is 6.54. The maximum absolute atomic E-state index is 11.3. The van der Waals surface area contributed by atoms with Crippen LogP contribution in [0, 0.1) is 0 Å². The van der Waals surface area contributed by atoms with Gasteiger partial charge < -0.3 is 10.4 Å². The van der Waals surface area contributed by atoms with Crippen LogP contribution in [0.1, 0.15) is 19.3 Å². The van der Waals surface area contributed by atoms with Gasteiger partial charge in [-0.15, -0.1) is 0 Å². The van der Waals surface area contributed by atoms with Crippen LogP contribution in [0.15, 0.2) is 0 Å². The summed E-state index contributed by atoms with van der Waals surface area (Å²) in [4.78, 5) is 0. The van der Waals surface area contributed by atoms with Crippen molar-refractivity contribution < 1.29 is 13.5 Å². The van der Waals surface area contributed by atoms with Gasteiger partial charge in [0.25, 0.3) is 0 Å². The minimum Gasteiger partial charge on any atom is -0.395 e. The molecule has 1 aliphatic rings. The third-order valence-electron chi connectivity index (χ3n) is 2.52. The SMILES string of the molecule is CS(=O)(=O)C1CCCC1NCCO. The number of hydrogen-bond donors (Lipinski definition) is 2. The van der Waals surface area contributed by atoms with E-state index in [1.807, 2.05) is 0 Å². The Morgan fingerprint density at radius 3 is 2.69 bits per heavy atom. The fourth-order valence-electron chi connectivity index (χ4n) is 1.92. The molecule has 0 amide bonds. The molecule has 0 heterocycles. The fraction of sp³-hybridized carbons (Fsp3) is 1.00. The zero-order chi connectivity index (χ0) is 9.90. The predicted molar refractivity (Wildman–Crippen MR) is 51.4 cm³/mol. The van der Waals surface area contributed by atoms with E-state index in [2.05, 4.69) is 5.32 Å². The molecular weight excluding hydrogens is 190 g/mol. The maximum Gasteiger partial charge on any atom is 0.151 e. The molecule has 2 N–H and O–H groups in total. The molecule has 2 atom stereocenters. The molecule has 1 fully saturated rings. The average Bonchev–Trinajstić information content (AvgIpc) is 2.47. The molecule has 0 bridgehead atoms.